The zero-order valence-electron chi connectivity index (χ0n) is 16.4. The van der Waals surface area contributed by atoms with Crippen LogP contribution < -0.4 is 9.64 Å². The highest BCUT2D eigenvalue weighted by atomic mass is 35.5. The van der Waals surface area contributed by atoms with Crippen LogP contribution in [-0.2, 0) is 4.74 Å². The van der Waals surface area contributed by atoms with Crippen LogP contribution in [-0.4, -0.2) is 61.8 Å². The van der Waals surface area contributed by atoms with E-state index in [9.17, 15) is 4.79 Å². The fraction of sp³-hybridized carbons (Fsp3) is 0.455. The number of amides is 1. The Morgan fingerprint density at radius 3 is 2.55 bits per heavy atom. The number of ether oxygens (including phenoxy) is 2. The number of anilines is 1. The molecule has 0 bridgehead atoms. The number of carbonyl (C=O) groups is 1. The summed E-state index contributed by atoms with van der Waals surface area (Å²) in [6.45, 7) is 5.19. The van der Waals surface area contributed by atoms with Gasteiger partial charge in [-0.1, -0.05) is 11.6 Å². The molecule has 0 saturated carbocycles. The maximum absolute atomic E-state index is 13.0. The van der Waals surface area contributed by atoms with Gasteiger partial charge in [0.1, 0.15) is 11.6 Å². The van der Waals surface area contributed by atoms with Gasteiger partial charge >= 0.3 is 0 Å². The van der Waals surface area contributed by atoms with Crippen LogP contribution in [0.2, 0.25) is 5.02 Å². The van der Waals surface area contributed by atoms with E-state index in [1.165, 1.54) is 0 Å². The van der Waals surface area contributed by atoms with Gasteiger partial charge < -0.3 is 19.3 Å². The molecule has 0 aliphatic carbocycles. The minimum absolute atomic E-state index is 0.0824. The Hall–Kier alpha value is -2.31. The molecule has 1 amide bonds. The number of hydrogen-bond donors (Lipinski definition) is 0. The lowest BCUT2D eigenvalue weighted by Crippen LogP contribution is -2.40. The first kappa shape index (κ1) is 20.0. The number of pyridine rings is 1. The Kier molecular flexibility index (Phi) is 6.52. The van der Waals surface area contributed by atoms with Crippen molar-refractivity contribution in [1.29, 1.82) is 0 Å². The molecule has 0 atom stereocenters. The van der Waals surface area contributed by atoms with E-state index in [0.29, 0.717) is 36.3 Å². The first-order chi connectivity index (χ1) is 14.2. The highest BCUT2D eigenvalue weighted by Gasteiger charge is 2.25. The summed E-state index contributed by atoms with van der Waals surface area (Å²) in [4.78, 5) is 21.5. The van der Waals surface area contributed by atoms with Crippen molar-refractivity contribution >= 4 is 23.3 Å². The minimum Gasteiger partial charge on any atom is -0.493 e. The van der Waals surface area contributed by atoms with Crippen LogP contribution in [0, 0.1) is 5.92 Å². The fourth-order valence-corrected chi connectivity index (χ4v) is 3.87. The summed E-state index contributed by atoms with van der Waals surface area (Å²) < 4.78 is 11.3. The van der Waals surface area contributed by atoms with E-state index in [1.807, 2.05) is 41.3 Å². The van der Waals surface area contributed by atoms with Gasteiger partial charge in [-0.25, -0.2) is 4.98 Å². The number of rotatable bonds is 5. The molecule has 0 N–H and O–H groups in total. The van der Waals surface area contributed by atoms with Gasteiger partial charge in [-0.05, 0) is 55.2 Å². The summed E-state index contributed by atoms with van der Waals surface area (Å²) in [5, 5.41) is 0.706. The molecule has 7 heteroatoms. The Morgan fingerprint density at radius 1 is 1.10 bits per heavy atom. The van der Waals surface area contributed by atoms with Crippen LogP contribution in [0.5, 0.6) is 5.75 Å². The topological polar surface area (TPSA) is 54.9 Å². The predicted molar refractivity (Wildman–Crippen MR) is 113 cm³/mol. The zero-order valence-corrected chi connectivity index (χ0v) is 17.2. The van der Waals surface area contributed by atoms with Gasteiger partial charge in [0.25, 0.3) is 5.91 Å². The summed E-state index contributed by atoms with van der Waals surface area (Å²) in [7, 11) is 0. The zero-order chi connectivity index (χ0) is 20.1. The number of benzene rings is 1. The SMILES string of the molecule is O=C(c1ccnc(N2CCOCC2)c1)N1CCC(COc2ccc(Cl)cc2)CC1. The van der Waals surface area contributed by atoms with Crippen molar-refractivity contribution in [2.75, 3.05) is 50.9 Å². The number of likely N-dealkylation sites (tertiary alicyclic amines) is 1. The average molecular weight is 416 g/mol. The largest absolute Gasteiger partial charge is 0.493 e. The second-order valence-corrected chi connectivity index (χ2v) is 7.94. The van der Waals surface area contributed by atoms with Crippen molar-refractivity contribution in [3.05, 3.63) is 53.2 Å². The lowest BCUT2D eigenvalue weighted by molar-refractivity contribution is 0.0661. The molecule has 2 fully saturated rings. The maximum Gasteiger partial charge on any atom is 0.254 e. The highest BCUT2D eigenvalue weighted by molar-refractivity contribution is 6.30. The van der Waals surface area contributed by atoms with Crippen molar-refractivity contribution in [1.82, 2.24) is 9.88 Å². The van der Waals surface area contributed by atoms with Gasteiger partial charge in [0.15, 0.2) is 0 Å². The summed E-state index contributed by atoms with van der Waals surface area (Å²) in [5.41, 5.74) is 0.706. The molecular weight excluding hydrogens is 390 g/mol. The monoisotopic (exact) mass is 415 g/mol. The molecule has 2 aliphatic rings. The van der Waals surface area contributed by atoms with Crippen molar-refractivity contribution in [2.45, 2.75) is 12.8 Å². The van der Waals surface area contributed by atoms with Crippen LogP contribution in [0.1, 0.15) is 23.2 Å². The standard InChI is InChI=1S/C22H26ClN3O3/c23-19-1-3-20(4-2-19)29-16-17-6-9-26(10-7-17)22(27)18-5-8-24-21(15-18)25-11-13-28-14-12-25/h1-5,8,15,17H,6-7,9-14,16H2. The molecule has 3 heterocycles. The second kappa shape index (κ2) is 9.46. The molecule has 6 nitrogen and oxygen atoms in total. The quantitative estimate of drug-likeness (QED) is 0.748. The van der Waals surface area contributed by atoms with E-state index in [1.54, 1.807) is 6.20 Å². The Morgan fingerprint density at radius 2 is 1.83 bits per heavy atom. The number of piperidine rings is 1. The fourth-order valence-electron chi connectivity index (χ4n) is 3.75. The Bertz CT molecular complexity index is 816. The van der Waals surface area contributed by atoms with E-state index >= 15 is 0 Å². The molecule has 0 unspecified atom stereocenters. The molecule has 29 heavy (non-hydrogen) atoms. The molecule has 1 aromatic carbocycles. The van der Waals surface area contributed by atoms with Crippen LogP contribution in [0.15, 0.2) is 42.6 Å². The van der Waals surface area contributed by atoms with Gasteiger partial charge in [-0.15, -0.1) is 0 Å². The lowest BCUT2D eigenvalue weighted by Gasteiger charge is -2.32. The highest BCUT2D eigenvalue weighted by Crippen LogP contribution is 2.23. The van der Waals surface area contributed by atoms with Gasteiger partial charge in [0, 0.05) is 43.0 Å². The van der Waals surface area contributed by atoms with Gasteiger partial charge in [-0.2, -0.15) is 0 Å². The molecule has 4 rings (SSSR count). The lowest BCUT2D eigenvalue weighted by atomic mass is 9.97. The molecule has 0 radical (unpaired) electrons. The maximum atomic E-state index is 13.0. The molecular formula is C22H26ClN3O3. The molecule has 2 saturated heterocycles. The third-order valence-electron chi connectivity index (χ3n) is 5.53. The molecule has 2 aliphatic heterocycles. The number of hydrogen-bond acceptors (Lipinski definition) is 5. The number of aromatic nitrogens is 1. The third-order valence-corrected chi connectivity index (χ3v) is 5.78. The number of nitrogens with zero attached hydrogens (tertiary/aromatic N) is 3. The van der Waals surface area contributed by atoms with E-state index in [0.717, 1.165) is 50.6 Å². The second-order valence-electron chi connectivity index (χ2n) is 7.50. The van der Waals surface area contributed by atoms with Crippen molar-refractivity contribution in [3.8, 4) is 5.75 Å². The summed E-state index contributed by atoms with van der Waals surface area (Å²) in [5.74, 6) is 2.22. The van der Waals surface area contributed by atoms with Gasteiger partial charge in [-0.3, -0.25) is 4.79 Å². The van der Waals surface area contributed by atoms with Crippen molar-refractivity contribution in [3.63, 3.8) is 0 Å². The minimum atomic E-state index is 0.0824. The Labute approximate surface area is 176 Å². The van der Waals surface area contributed by atoms with E-state index < -0.39 is 0 Å². The molecule has 0 spiro atoms. The first-order valence-electron chi connectivity index (χ1n) is 10.2. The average Bonchev–Trinajstić information content (AvgIpc) is 2.79. The summed E-state index contributed by atoms with van der Waals surface area (Å²) in [6.07, 6.45) is 3.62. The van der Waals surface area contributed by atoms with Crippen molar-refractivity contribution < 1.29 is 14.3 Å². The summed E-state index contributed by atoms with van der Waals surface area (Å²) in [6, 6.07) is 11.1. The van der Waals surface area contributed by atoms with Crippen LogP contribution in [0.3, 0.4) is 0 Å². The van der Waals surface area contributed by atoms with Crippen molar-refractivity contribution in [2.24, 2.45) is 5.92 Å². The Balaban J connectivity index is 1.29. The van der Waals surface area contributed by atoms with Crippen LogP contribution in [0.4, 0.5) is 5.82 Å². The van der Waals surface area contributed by atoms with E-state index in [2.05, 4.69) is 9.88 Å². The smallest absolute Gasteiger partial charge is 0.254 e. The summed E-state index contributed by atoms with van der Waals surface area (Å²) >= 11 is 5.91. The van der Waals surface area contributed by atoms with E-state index in [4.69, 9.17) is 21.1 Å². The predicted octanol–water partition coefficient (Wildman–Crippen LogP) is 3.50. The van der Waals surface area contributed by atoms with Crippen LogP contribution in [0.25, 0.3) is 0 Å². The molecule has 154 valence electrons. The number of morpholine rings is 1. The number of carbonyl (C=O) groups excluding carboxylic acids is 1. The van der Waals surface area contributed by atoms with Gasteiger partial charge in [0.2, 0.25) is 0 Å². The van der Waals surface area contributed by atoms with E-state index in [-0.39, 0.29) is 5.91 Å². The molecule has 2 aromatic rings. The third kappa shape index (κ3) is 5.19. The normalized spacial score (nSPS) is 18.0. The van der Waals surface area contributed by atoms with Crippen LogP contribution >= 0.6 is 11.6 Å². The first-order valence-corrected chi connectivity index (χ1v) is 10.5. The number of halogens is 1. The van der Waals surface area contributed by atoms with Gasteiger partial charge in [0.05, 0.1) is 19.8 Å². The molecule has 1 aromatic heterocycles.